The molecule has 0 aliphatic carbocycles. The molecule has 2 N–H and O–H groups in total. The Hall–Kier alpha value is -2.22. The molecule has 2 aromatic heterocycles. The quantitative estimate of drug-likeness (QED) is 0.648. The van der Waals surface area contributed by atoms with Crippen molar-refractivity contribution >= 4 is 28.3 Å². The molecule has 0 bridgehead atoms. The fourth-order valence-corrected chi connectivity index (χ4v) is 3.58. The van der Waals surface area contributed by atoms with Crippen molar-refractivity contribution < 1.29 is 14.6 Å². The summed E-state index contributed by atoms with van der Waals surface area (Å²) in [7, 11) is 1.64. The van der Waals surface area contributed by atoms with Gasteiger partial charge in [0.2, 0.25) is 5.91 Å². The lowest BCUT2D eigenvalue weighted by Gasteiger charge is -2.15. The van der Waals surface area contributed by atoms with Gasteiger partial charge in [-0.25, -0.2) is 4.98 Å². The van der Waals surface area contributed by atoms with Crippen LogP contribution in [-0.4, -0.2) is 34.2 Å². The van der Waals surface area contributed by atoms with Crippen LogP contribution in [0.3, 0.4) is 0 Å². The number of carbonyl (C=O) groups excluding carboxylic acids is 1. The Balaban J connectivity index is 1.59. The summed E-state index contributed by atoms with van der Waals surface area (Å²) in [6.07, 6.45) is 0.180. The minimum atomic E-state index is -0.152. The normalized spacial score (nSPS) is 12.4. The first-order valence-electron chi connectivity index (χ1n) is 8.11. The number of nitrogens with zero attached hydrogens (tertiary/aromatic N) is 2. The average molecular weight is 359 g/mol. The molecule has 0 saturated carbocycles. The summed E-state index contributed by atoms with van der Waals surface area (Å²) in [5.74, 6) is 0.516. The number of imidazole rings is 1. The number of para-hydroxylation sites is 2. The highest BCUT2D eigenvalue weighted by Gasteiger charge is 2.14. The molecule has 1 atom stereocenters. The Morgan fingerprint density at radius 2 is 2.20 bits per heavy atom. The van der Waals surface area contributed by atoms with E-state index in [-0.39, 0.29) is 18.6 Å². The van der Waals surface area contributed by atoms with Crippen molar-refractivity contribution in [3.63, 3.8) is 0 Å². The van der Waals surface area contributed by atoms with Gasteiger partial charge in [0.15, 0.2) is 0 Å². The zero-order valence-electron chi connectivity index (χ0n) is 14.0. The molecular weight excluding hydrogens is 338 g/mol. The van der Waals surface area contributed by atoms with Gasteiger partial charge in [-0.15, -0.1) is 11.3 Å². The van der Waals surface area contributed by atoms with Crippen LogP contribution in [0.25, 0.3) is 11.0 Å². The van der Waals surface area contributed by atoms with Crippen molar-refractivity contribution in [1.29, 1.82) is 0 Å². The molecule has 0 aliphatic rings. The molecule has 0 spiro atoms. The molecule has 2 heterocycles. The van der Waals surface area contributed by atoms with Crippen molar-refractivity contribution in [3.05, 3.63) is 52.5 Å². The number of hydrogen-bond donors (Lipinski definition) is 2. The standard InChI is InChI=1S/C18H21N3O3S/c1-24-15(16-7-4-10-25-16)11-19-18(23)8-9-21-14-6-3-2-5-13(14)20-17(21)12-22/h2-7,10,15,22H,8-9,11-12H2,1H3,(H,19,23)/t15-/m0/s1. The summed E-state index contributed by atoms with van der Waals surface area (Å²) in [4.78, 5) is 17.7. The average Bonchev–Trinajstić information content (AvgIpc) is 3.28. The predicted molar refractivity (Wildman–Crippen MR) is 97.4 cm³/mol. The highest BCUT2D eigenvalue weighted by molar-refractivity contribution is 7.10. The van der Waals surface area contributed by atoms with Crippen LogP contribution in [0.2, 0.25) is 0 Å². The molecule has 0 radical (unpaired) electrons. The second kappa shape index (κ2) is 8.24. The summed E-state index contributed by atoms with van der Waals surface area (Å²) in [5, 5.41) is 14.4. The van der Waals surface area contributed by atoms with E-state index in [2.05, 4.69) is 10.3 Å². The molecular formula is C18H21N3O3S. The number of nitrogens with one attached hydrogen (secondary N) is 1. The predicted octanol–water partition coefficient (Wildman–Crippen LogP) is 2.48. The Kier molecular flexibility index (Phi) is 5.80. The van der Waals surface area contributed by atoms with E-state index in [4.69, 9.17) is 4.74 Å². The Morgan fingerprint density at radius 3 is 2.92 bits per heavy atom. The number of aliphatic hydroxyl groups excluding tert-OH is 1. The van der Waals surface area contributed by atoms with Gasteiger partial charge in [-0.1, -0.05) is 18.2 Å². The van der Waals surface area contributed by atoms with E-state index in [0.29, 0.717) is 25.3 Å². The molecule has 7 heteroatoms. The van der Waals surface area contributed by atoms with Crippen molar-refractivity contribution in [2.75, 3.05) is 13.7 Å². The highest BCUT2D eigenvalue weighted by Crippen LogP contribution is 2.21. The van der Waals surface area contributed by atoms with E-state index in [0.717, 1.165) is 15.9 Å². The van der Waals surface area contributed by atoms with Crippen LogP contribution in [0.4, 0.5) is 0 Å². The monoisotopic (exact) mass is 359 g/mol. The number of hydrogen-bond acceptors (Lipinski definition) is 5. The number of methoxy groups -OCH3 is 1. The lowest BCUT2D eigenvalue weighted by Crippen LogP contribution is -2.29. The maximum Gasteiger partial charge on any atom is 0.221 e. The van der Waals surface area contributed by atoms with Crippen LogP contribution in [0.1, 0.15) is 23.2 Å². The Bertz CT molecular complexity index is 829. The number of aliphatic hydroxyl groups is 1. The summed E-state index contributed by atoms with van der Waals surface area (Å²) >= 11 is 1.61. The first-order valence-corrected chi connectivity index (χ1v) is 8.98. The lowest BCUT2D eigenvalue weighted by molar-refractivity contribution is -0.121. The van der Waals surface area contributed by atoms with Crippen LogP contribution >= 0.6 is 11.3 Å². The third-order valence-corrected chi connectivity index (χ3v) is 5.03. The van der Waals surface area contributed by atoms with Crippen molar-refractivity contribution in [1.82, 2.24) is 14.9 Å². The fourth-order valence-electron chi connectivity index (χ4n) is 2.78. The molecule has 3 rings (SSSR count). The minimum absolute atomic E-state index is 0.0553. The molecule has 6 nitrogen and oxygen atoms in total. The number of aromatic nitrogens is 2. The molecule has 0 saturated heterocycles. The van der Waals surface area contributed by atoms with Gasteiger partial charge in [0.1, 0.15) is 18.5 Å². The second-order valence-corrected chi connectivity index (χ2v) is 6.60. The number of amides is 1. The molecule has 1 aromatic carbocycles. The van der Waals surface area contributed by atoms with E-state index >= 15 is 0 Å². The van der Waals surface area contributed by atoms with Crippen LogP contribution in [-0.2, 0) is 22.7 Å². The van der Waals surface area contributed by atoms with Gasteiger partial charge in [0, 0.05) is 31.5 Å². The molecule has 0 aliphatic heterocycles. The first kappa shape index (κ1) is 17.6. The SMILES string of the molecule is CO[C@@H](CNC(=O)CCn1c(CO)nc2ccccc21)c1cccs1. The van der Waals surface area contributed by atoms with E-state index < -0.39 is 0 Å². The number of fused-ring (bicyclic) bond motifs is 1. The van der Waals surface area contributed by atoms with Gasteiger partial charge < -0.3 is 19.7 Å². The van der Waals surface area contributed by atoms with Crippen LogP contribution in [0.15, 0.2) is 41.8 Å². The number of rotatable bonds is 8. The lowest BCUT2D eigenvalue weighted by atomic mass is 10.2. The van der Waals surface area contributed by atoms with Gasteiger partial charge in [-0.2, -0.15) is 0 Å². The third kappa shape index (κ3) is 4.07. The Morgan fingerprint density at radius 1 is 1.36 bits per heavy atom. The van der Waals surface area contributed by atoms with Gasteiger partial charge in [-0.3, -0.25) is 4.79 Å². The van der Waals surface area contributed by atoms with Crippen molar-refractivity contribution in [2.45, 2.75) is 25.7 Å². The molecule has 25 heavy (non-hydrogen) atoms. The van der Waals surface area contributed by atoms with Crippen molar-refractivity contribution in [2.24, 2.45) is 0 Å². The number of thiophene rings is 1. The maximum absolute atomic E-state index is 12.2. The number of benzene rings is 1. The molecule has 1 amide bonds. The van der Waals surface area contributed by atoms with Crippen LogP contribution in [0.5, 0.6) is 0 Å². The fraction of sp³-hybridized carbons (Fsp3) is 0.333. The molecule has 132 valence electrons. The zero-order chi connectivity index (χ0) is 17.6. The zero-order valence-corrected chi connectivity index (χ0v) is 14.8. The second-order valence-electron chi connectivity index (χ2n) is 5.62. The van der Waals surface area contributed by atoms with E-state index in [9.17, 15) is 9.90 Å². The van der Waals surface area contributed by atoms with Crippen molar-refractivity contribution in [3.8, 4) is 0 Å². The Labute approximate surface area is 150 Å². The summed E-state index contributed by atoms with van der Waals surface area (Å²) < 4.78 is 7.33. The molecule has 0 fully saturated rings. The topological polar surface area (TPSA) is 76.4 Å². The van der Waals surface area contributed by atoms with Crippen LogP contribution in [0, 0.1) is 0 Å². The minimum Gasteiger partial charge on any atom is -0.388 e. The molecule has 0 unspecified atom stereocenters. The largest absolute Gasteiger partial charge is 0.388 e. The summed E-state index contributed by atoms with van der Waals surface area (Å²) in [6.45, 7) is 0.757. The van der Waals surface area contributed by atoms with E-state index in [1.807, 2.05) is 46.3 Å². The maximum atomic E-state index is 12.2. The van der Waals surface area contributed by atoms with E-state index in [1.165, 1.54) is 0 Å². The first-order chi connectivity index (χ1) is 12.2. The van der Waals surface area contributed by atoms with Crippen LogP contribution < -0.4 is 5.32 Å². The number of aryl methyl sites for hydroxylation is 1. The number of carbonyl (C=O) groups is 1. The summed E-state index contributed by atoms with van der Waals surface area (Å²) in [5.41, 5.74) is 1.75. The summed E-state index contributed by atoms with van der Waals surface area (Å²) in [6, 6.07) is 11.6. The third-order valence-electron chi connectivity index (χ3n) is 4.07. The smallest absolute Gasteiger partial charge is 0.221 e. The van der Waals surface area contributed by atoms with Gasteiger partial charge in [0.05, 0.1) is 11.0 Å². The number of ether oxygens (including phenoxy) is 1. The van der Waals surface area contributed by atoms with Gasteiger partial charge >= 0.3 is 0 Å². The molecule has 3 aromatic rings. The highest BCUT2D eigenvalue weighted by atomic mass is 32.1. The van der Waals surface area contributed by atoms with Gasteiger partial charge in [-0.05, 0) is 23.6 Å². The van der Waals surface area contributed by atoms with E-state index in [1.54, 1.807) is 18.4 Å². The van der Waals surface area contributed by atoms with Gasteiger partial charge in [0.25, 0.3) is 0 Å².